The molecular weight excluding hydrogens is 412 g/mol. The first-order valence-corrected chi connectivity index (χ1v) is 16.9. The second-order valence-electron chi connectivity index (χ2n) is 14.4. The van der Waals surface area contributed by atoms with Gasteiger partial charge in [-0.1, -0.05) is 110 Å². The van der Waals surface area contributed by atoms with E-state index in [1.54, 1.807) is 11.1 Å². The summed E-state index contributed by atoms with van der Waals surface area (Å²) in [7, 11) is -1.49. The SMILES string of the molecule is C=CCCC1CCC([Si](C)(C)C2C3C=C(C(C)(C)C)C=CC3C3C=CC(C(C)(C)C)=CC32)C1. The molecule has 0 aromatic carbocycles. The molecule has 4 aliphatic rings. The summed E-state index contributed by atoms with van der Waals surface area (Å²) in [4.78, 5) is 0. The molecule has 182 valence electrons. The van der Waals surface area contributed by atoms with Gasteiger partial charge in [0.1, 0.15) is 0 Å². The monoisotopic (exact) mass is 462 g/mol. The largest absolute Gasteiger partial charge is 0.103 e. The Labute approximate surface area is 206 Å². The van der Waals surface area contributed by atoms with Crippen molar-refractivity contribution < 1.29 is 0 Å². The van der Waals surface area contributed by atoms with Gasteiger partial charge in [0.15, 0.2) is 0 Å². The van der Waals surface area contributed by atoms with Gasteiger partial charge >= 0.3 is 0 Å². The molecule has 6 atom stereocenters. The Morgan fingerprint density at radius 2 is 1.36 bits per heavy atom. The van der Waals surface area contributed by atoms with Crippen LogP contribution in [0.1, 0.15) is 73.6 Å². The molecule has 4 rings (SSSR count). The van der Waals surface area contributed by atoms with Crippen LogP contribution in [0.5, 0.6) is 0 Å². The van der Waals surface area contributed by atoms with Crippen LogP contribution >= 0.6 is 0 Å². The van der Waals surface area contributed by atoms with Crippen molar-refractivity contribution in [1.82, 2.24) is 0 Å². The van der Waals surface area contributed by atoms with Crippen molar-refractivity contribution in [1.29, 1.82) is 0 Å². The Hall–Kier alpha value is -1.08. The van der Waals surface area contributed by atoms with Crippen LogP contribution in [0.15, 0.2) is 60.3 Å². The molecule has 2 saturated carbocycles. The number of hydrogen-bond acceptors (Lipinski definition) is 0. The van der Waals surface area contributed by atoms with Gasteiger partial charge in [0, 0.05) is 0 Å². The third-order valence-electron chi connectivity index (χ3n) is 9.87. The normalized spacial score (nSPS) is 36.3. The molecule has 33 heavy (non-hydrogen) atoms. The fourth-order valence-corrected chi connectivity index (χ4v) is 12.8. The van der Waals surface area contributed by atoms with Crippen molar-refractivity contribution in [2.24, 2.45) is 40.4 Å². The summed E-state index contributed by atoms with van der Waals surface area (Å²) in [6.07, 6.45) is 24.8. The minimum atomic E-state index is -1.49. The first-order valence-electron chi connectivity index (χ1n) is 13.8. The van der Waals surface area contributed by atoms with E-state index in [2.05, 4.69) is 104 Å². The van der Waals surface area contributed by atoms with E-state index >= 15 is 0 Å². The molecule has 0 aromatic rings. The van der Waals surface area contributed by atoms with Crippen LogP contribution in [0.2, 0.25) is 24.2 Å². The minimum absolute atomic E-state index is 0.233. The molecule has 0 radical (unpaired) electrons. The van der Waals surface area contributed by atoms with Crippen LogP contribution in [-0.4, -0.2) is 8.07 Å². The molecule has 6 unspecified atom stereocenters. The first kappa shape index (κ1) is 25.0. The second kappa shape index (κ2) is 8.85. The summed E-state index contributed by atoms with van der Waals surface area (Å²) < 4.78 is 0. The summed E-state index contributed by atoms with van der Waals surface area (Å²) in [5, 5.41) is 0. The lowest BCUT2D eigenvalue weighted by molar-refractivity contribution is 0.433. The quantitative estimate of drug-likeness (QED) is 0.282. The first-order chi connectivity index (χ1) is 15.3. The molecule has 0 N–H and O–H groups in total. The molecule has 4 aliphatic carbocycles. The second-order valence-corrected chi connectivity index (χ2v) is 19.5. The molecule has 0 aliphatic heterocycles. The fourth-order valence-electron chi connectivity index (χ4n) is 7.78. The third-order valence-corrected chi connectivity index (χ3v) is 15.0. The zero-order chi connectivity index (χ0) is 24.2. The molecule has 0 nitrogen and oxygen atoms in total. The van der Waals surface area contributed by atoms with Gasteiger partial charge in [-0.2, -0.15) is 0 Å². The van der Waals surface area contributed by atoms with Gasteiger partial charge in [-0.25, -0.2) is 0 Å². The van der Waals surface area contributed by atoms with Crippen LogP contribution in [0.4, 0.5) is 0 Å². The highest BCUT2D eigenvalue weighted by atomic mass is 28.3. The molecular formula is C32H50Si. The molecule has 0 amide bonds. The predicted molar refractivity (Wildman–Crippen MR) is 149 cm³/mol. The van der Waals surface area contributed by atoms with Crippen LogP contribution in [0, 0.1) is 40.4 Å². The van der Waals surface area contributed by atoms with Crippen LogP contribution in [0.3, 0.4) is 0 Å². The molecule has 0 aromatic heterocycles. The average molecular weight is 463 g/mol. The van der Waals surface area contributed by atoms with Gasteiger partial charge in [-0.3, -0.25) is 0 Å². The summed E-state index contributed by atoms with van der Waals surface area (Å²) in [6, 6.07) is 0. The highest BCUT2D eigenvalue weighted by molar-refractivity contribution is 6.80. The summed E-state index contributed by atoms with van der Waals surface area (Å²) >= 11 is 0. The van der Waals surface area contributed by atoms with Crippen LogP contribution < -0.4 is 0 Å². The lowest BCUT2D eigenvalue weighted by Gasteiger charge is -2.43. The van der Waals surface area contributed by atoms with Gasteiger partial charge in [0.2, 0.25) is 0 Å². The standard InChI is InChI=1S/C32H50Si/c1-10-11-12-22-13-16-25(19-22)33(8,9)30-28-20-23(31(2,3)4)14-17-26(28)27-18-15-24(21-29(27)30)32(5,6)7/h10,14-15,17-18,20-22,25-30H,1,11-13,16,19H2,2-9H3. The lowest BCUT2D eigenvalue weighted by Crippen LogP contribution is -2.42. The van der Waals surface area contributed by atoms with Crippen molar-refractivity contribution in [2.75, 3.05) is 0 Å². The Morgan fingerprint density at radius 1 is 0.848 bits per heavy atom. The van der Waals surface area contributed by atoms with E-state index in [-0.39, 0.29) is 10.8 Å². The lowest BCUT2D eigenvalue weighted by atomic mass is 9.74. The maximum atomic E-state index is 3.98. The van der Waals surface area contributed by atoms with Crippen molar-refractivity contribution in [3.05, 3.63) is 60.3 Å². The summed E-state index contributed by atoms with van der Waals surface area (Å²) in [5.74, 6) is 3.74. The van der Waals surface area contributed by atoms with Crippen LogP contribution in [-0.2, 0) is 0 Å². The van der Waals surface area contributed by atoms with Gasteiger partial charge in [0.05, 0.1) is 8.07 Å². The fraction of sp³-hybridized carbons (Fsp3) is 0.688. The average Bonchev–Trinajstić information content (AvgIpc) is 3.33. The molecule has 1 heteroatoms. The molecule has 0 bridgehead atoms. The Balaban J connectivity index is 1.72. The zero-order valence-electron chi connectivity index (χ0n) is 22.8. The maximum Gasteiger partial charge on any atom is 0.0548 e. The number of allylic oxidation sites excluding steroid dienone is 9. The molecule has 0 spiro atoms. The zero-order valence-corrected chi connectivity index (χ0v) is 23.8. The van der Waals surface area contributed by atoms with E-state index < -0.39 is 8.07 Å². The van der Waals surface area contributed by atoms with E-state index in [0.29, 0.717) is 23.7 Å². The van der Waals surface area contributed by atoms with Crippen molar-refractivity contribution in [3.8, 4) is 0 Å². The Morgan fingerprint density at radius 3 is 1.82 bits per heavy atom. The minimum Gasteiger partial charge on any atom is -0.103 e. The highest BCUT2D eigenvalue weighted by Gasteiger charge is 2.57. The third kappa shape index (κ3) is 4.73. The van der Waals surface area contributed by atoms with Crippen molar-refractivity contribution in [2.45, 2.75) is 97.8 Å². The van der Waals surface area contributed by atoms with E-state index in [0.717, 1.165) is 17.0 Å². The Kier molecular flexibility index (Phi) is 6.71. The predicted octanol–water partition coefficient (Wildman–Crippen LogP) is 9.76. The Bertz CT molecular complexity index is 813. The summed E-state index contributed by atoms with van der Waals surface area (Å²) in [5.41, 5.74) is 5.42. The van der Waals surface area contributed by atoms with Crippen LogP contribution in [0.25, 0.3) is 0 Å². The van der Waals surface area contributed by atoms with Gasteiger partial charge in [-0.05, 0) is 81.9 Å². The summed E-state index contributed by atoms with van der Waals surface area (Å²) in [6.45, 7) is 23.9. The maximum absolute atomic E-state index is 3.98. The van der Waals surface area contributed by atoms with Crippen molar-refractivity contribution in [3.63, 3.8) is 0 Å². The van der Waals surface area contributed by atoms with Gasteiger partial charge in [0.25, 0.3) is 0 Å². The van der Waals surface area contributed by atoms with E-state index in [1.807, 2.05) is 0 Å². The van der Waals surface area contributed by atoms with E-state index in [4.69, 9.17) is 0 Å². The topological polar surface area (TPSA) is 0 Å². The molecule has 0 heterocycles. The number of rotatable bonds is 5. The van der Waals surface area contributed by atoms with Gasteiger partial charge in [-0.15, -0.1) is 6.58 Å². The van der Waals surface area contributed by atoms with E-state index in [9.17, 15) is 0 Å². The van der Waals surface area contributed by atoms with E-state index in [1.165, 1.54) is 32.1 Å². The number of fused-ring (bicyclic) bond motifs is 3. The molecule has 0 saturated heterocycles. The molecule has 2 fully saturated rings. The smallest absolute Gasteiger partial charge is 0.0548 e. The van der Waals surface area contributed by atoms with Crippen molar-refractivity contribution >= 4 is 8.07 Å². The highest BCUT2D eigenvalue weighted by Crippen LogP contribution is 2.63. The van der Waals surface area contributed by atoms with Gasteiger partial charge < -0.3 is 0 Å². The number of hydrogen-bond donors (Lipinski definition) is 0.